The normalized spacial score (nSPS) is 15.0. The van der Waals surface area contributed by atoms with Crippen molar-refractivity contribution in [3.05, 3.63) is 59.7 Å². The summed E-state index contributed by atoms with van der Waals surface area (Å²) in [5.41, 5.74) is 2.82. The zero-order valence-corrected chi connectivity index (χ0v) is 17.0. The van der Waals surface area contributed by atoms with Crippen molar-refractivity contribution in [1.29, 1.82) is 0 Å². The molecule has 0 atom stereocenters. The van der Waals surface area contributed by atoms with E-state index in [1.165, 1.54) is 0 Å². The Balaban J connectivity index is 1.87. The van der Waals surface area contributed by atoms with Crippen LogP contribution in [0.25, 0.3) is 11.5 Å². The Labute approximate surface area is 165 Å². The molecule has 1 fully saturated rings. The Kier molecular flexibility index (Phi) is 4.98. The molecule has 0 aliphatic carbocycles. The maximum atomic E-state index is 13.4. The first kappa shape index (κ1) is 18.7. The molecule has 0 unspecified atom stereocenters. The van der Waals surface area contributed by atoms with Gasteiger partial charge >= 0.3 is 0 Å². The second-order valence-corrected chi connectivity index (χ2v) is 9.17. The van der Waals surface area contributed by atoms with Crippen LogP contribution >= 0.6 is 0 Å². The number of sulfone groups is 1. The lowest BCUT2D eigenvalue weighted by molar-refractivity contribution is 0.499. The Morgan fingerprint density at radius 3 is 2.29 bits per heavy atom. The van der Waals surface area contributed by atoms with Gasteiger partial charge in [-0.2, -0.15) is 4.98 Å². The van der Waals surface area contributed by atoms with E-state index < -0.39 is 9.84 Å². The van der Waals surface area contributed by atoms with Gasteiger partial charge in [-0.25, -0.2) is 8.42 Å². The molecule has 1 aromatic heterocycles. The minimum Gasteiger partial charge on any atom is -0.419 e. The van der Waals surface area contributed by atoms with Crippen molar-refractivity contribution >= 4 is 15.7 Å². The van der Waals surface area contributed by atoms with E-state index in [0.717, 1.165) is 49.0 Å². The predicted octanol–water partition coefficient (Wildman–Crippen LogP) is 4.78. The molecule has 6 heteroatoms. The number of piperidine rings is 1. The van der Waals surface area contributed by atoms with Gasteiger partial charge in [0, 0.05) is 18.7 Å². The highest BCUT2D eigenvalue weighted by Crippen LogP contribution is 2.36. The lowest BCUT2D eigenvalue weighted by atomic mass is 10.1. The predicted molar refractivity (Wildman–Crippen MR) is 109 cm³/mol. The SMILES string of the molecule is Cc1ccc(S(=O)(=O)c2nc(-c3ccccc3C)oc2N2CCCCC2)cc1. The van der Waals surface area contributed by atoms with Crippen LogP contribution in [-0.4, -0.2) is 26.5 Å². The van der Waals surface area contributed by atoms with E-state index in [1.54, 1.807) is 24.3 Å². The van der Waals surface area contributed by atoms with Crippen LogP contribution in [0.1, 0.15) is 30.4 Å². The molecule has 0 amide bonds. The van der Waals surface area contributed by atoms with E-state index in [-0.39, 0.29) is 9.92 Å². The van der Waals surface area contributed by atoms with Crippen LogP contribution in [0.15, 0.2) is 62.9 Å². The number of hydrogen-bond donors (Lipinski definition) is 0. The van der Waals surface area contributed by atoms with Crippen LogP contribution in [0.3, 0.4) is 0 Å². The molecule has 1 saturated heterocycles. The second kappa shape index (κ2) is 7.43. The summed E-state index contributed by atoms with van der Waals surface area (Å²) in [6, 6.07) is 14.6. The molecule has 0 bridgehead atoms. The third-order valence-electron chi connectivity index (χ3n) is 5.18. The van der Waals surface area contributed by atoms with Crippen molar-refractivity contribution in [2.45, 2.75) is 43.0 Å². The van der Waals surface area contributed by atoms with Crippen LogP contribution in [-0.2, 0) is 9.84 Å². The smallest absolute Gasteiger partial charge is 0.236 e. The van der Waals surface area contributed by atoms with Gasteiger partial charge in [0.2, 0.25) is 26.6 Å². The minimum atomic E-state index is -3.78. The van der Waals surface area contributed by atoms with Crippen LogP contribution < -0.4 is 4.90 Å². The molecule has 28 heavy (non-hydrogen) atoms. The Morgan fingerprint density at radius 1 is 0.929 bits per heavy atom. The fourth-order valence-corrected chi connectivity index (χ4v) is 4.85. The summed E-state index contributed by atoms with van der Waals surface area (Å²) >= 11 is 0. The summed E-state index contributed by atoms with van der Waals surface area (Å²) in [5, 5.41) is 0.0107. The quantitative estimate of drug-likeness (QED) is 0.635. The molecule has 0 saturated carbocycles. The van der Waals surface area contributed by atoms with Crippen molar-refractivity contribution in [1.82, 2.24) is 4.98 Å². The topological polar surface area (TPSA) is 63.4 Å². The molecule has 2 aromatic carbocycles. The summed E-state index contributed by atoms with van der Waals surface area (Å²) in [7, 11) is -3.78. The van der Waals surface area contributed by atoms with E-state index in [0.29, 0.717) is 11.8 Å². The molecule has 2 heterocycles. The van der Waals surface area contributed by atoms with Crippen LogP contribution in [0, 0.1) is 13.8 Å². The number of benzene rings is 2. The summed E-state index contributed by atoms with van der Waals surface area (Å²) < 4.78 is 32.9. The number of anilines is 1. The molecule has 0 N–H and O–H groups in total. The van der Waals surface area contributed by atoms with Crippen molar-refractivity contribution < 1.29 is 12.8 Å². The van der Waals surface area contributed by atoms with E-state index in [4.69, 9.17) is 4.42 Å². The summed E-state index contributed by atoms with van der Waals surface area (Å²) in [5.74, 6) is 0.711. The first-order valence-corrected chi connectivity index (χ1v) is 11.1. The number of oxazole rings is 1. The zero-order valence-electron chi connectivity index (χ0n) is 16.2. The van der Waals surface area contributed by atoms with Crippen LogP contribution in [0.4, 0.5) is 5.88 Å². The van der Waals surface area contributed by atoms with Gasteiger partial charge in [-0.1, -0.05) is 35.9 Å². The van der Waals surface area contributed by atoms with E-state index >= 15 is 0 Å². The average molecular weight is 397 g/mol. The molecule has 0 radical (unpaired) electrons. The molecule has 1 aliphatic heterocycles. The van der Waals surface area contributed by atoms with Gasteiger partial charge < -0.3 is 9.32 Å². The second-order valence-electron chi connectivity index (χ2n) is 7.31. The summed E-state index contributed by atoms with van der Waals surface area (Å²) in [6.07, 6.45) is 3.18. The minimum absolute atomic E-state index is 0.0107. The monoisotopic (exact) mass is 396 g/mol. The van der Waals surface area contributed by atoms with Gasteiger partial charge in [0.15, 0.2) is 0 Å². The Morgan fingerprint density at radius 2 is 1.61 bits per heavy atom. The van der Waals surface area contributed by atoms with Crippen molar-refractivity contribution in [2.75, 3.05) is 18.0 Å². The maximum Gasteiger partial charge on any atom is 0.236 e. The fourth-order valence-electron chi connectivity index (χ4n) is 3.53. The van der Waals surface area contributed by atoms with Crippen molar-refractivity contribution in [3.8, 4) is 11.5 Å². The highest BCUT2D eigenvalue weighted by atomic mass is 32.2. The Bertz CT molecular complexity index is 1080. The molecule has 3 aromatic rings. The van der Waals surface area contributed by atoms with Crippen molar-refractivity contribution in [3.63, 3.8) is 0 Å². The molecular weight excluding hydrogens is 372 g/mol. The van der Waals surface area contributed by atoms with Gasteiger partial charge in [-0.15, -0.1) is 0 Å². The number of aryl methyl sites for hydroxylation is 2. The van der Waals surface area contributed by atoms with Crippen LogP contribution in [0.2, 0.25) is 0 Å². The molecule has 5 nitrogen and oxygen atoms in total. The number of nitrogens with zero attached hydrogens (tertiary/aromatic N) is 2. The molecule has 0 spiro atoms. The molecule has 1 aliphatic rings. The fraction of sp³-hybridized carbons (Fsp3) is 0.318. The van der Waals surface area contributed by atoms with Gasteiger partial charge in [-0.3, -0.25) is 0 Å². The molecular formula is C22H24N2O3S. The number of hydrogen-bond acceptors (Lipinski definition) is 5. The van der Waals surface area contributed by atoms with Gasteiger partial charge in [0.25, 0.3) is 0 Å². The summed E-state index contributed by atoms with van der Waals surface area (Å²) in [6.45, 7) is 5.45. The molecule has 4 rings (SSSR count). The van der Waals surface area contributed by atoms with Gasteiger partial charge in [0.05, 0.1) is 4.90 Å². The molecule has 146 valence electrons. The number of rotatable bonds is 4. The Hall–Kier alpha value is -2.60. The van der Waals surface area contributed by atoms with Gasteiger partial charge in [0.1, 0.15) is 0 Å². The highest BCUT2D eigenvalue weighted by molar-refractivity contribution is 7.91. The van der Waals surface area contributed by atoms with Crippen molar-refractivity contribution in [2.24, 2.45) is 0 Å². The zero-order chi connectivity index (χ0) is 19.7. The maximum absolute atomic E-state index is 13.4. The largest absolute Gasteiger partial charge is 0.419 e. The number of aromatic nitrogens is 1. The third kappa shape index (κ3) is 3.44. The third-order valence-corrected chi connectivity index (χ3v) is 6.85. The van der Waals surface area contributed by atoms with Crippen LogP contribution in [0.5, 0.6) is 0 Å². The highest BCUT2D eigenvalue weighted by Gasteiger charge is 2.32. The standard InChI is InChI=1S/C22H24N2O3S/c1-16-10-12-18(13-11-16)28(25,26)21-22(24-14-6-3-7-15-24)27-20(23-21)19-9-5-4-8-17(19)2/h4-5,8-13H,3,6-7,14-15H2,1-2H3. The first-order valence-electron chi connectivity index (χ1n) is 9.60. The van der Waals surface area contributed by atoms with E-state index in [1.807, 2.05) is 43.0 Å². The average Bonchev–Trinajstić information content (AvgIpc) is 3.15. The van der Waals surface area contributed by atoms with E-state index in [9.17, 15) is 8.42 Å². The van der Waals surface area contributed by atoms with Gasteiger partial charge in [-0.05, 0) is 56.9 Å². The lowest BCUT2D eigenvalue weighted by Gasteiger charge is -2.26. The van der Waals surface area contributed by atoms with E-state index in [2.05, 4.69) is 4.98 Å². The first-order chi connectivity index (χ1) is 13.5. The summed E-state index contributed by atoms with van der Waals surface area (Å²) in [4.78, 5) is 6.74. The lowest BCUT2D eigenvalue weighted by Crippen LogP contribution is -2.30.